The summed E-state index contributed by atoms with van der Waals surface area (Å²) < 4.78 is 4.70. The number of esters is 1. The molecule has 1 aromatic heterocycles. The van der Waals surface area contributed by atoms with Gasteiger partial charge in [-0.3, -0.25) is 0 Å². The lowest BCUT2D eigenvalue weighted by Gasteiger charge is -2.23. The minimum Gasteiger partial charge on any atom is -0.465 e. The van der Waals surface area contributed by atoms with Gasteiger partial charge in [0.1, 0.15) is 5.82 Å². The summed E-state index contributed by atoms with van der Waals surface area (Å²) in [5.41, 5.74) is 1.21. The first-order chi connectivity index (χ1) is 9.20. The molecule has 1 fully saturated rings. The molecule has 19 heavy (non-hydrogen) atoms. The Bertz CT molecular complexity index is 442. The molecule has 104 valence electrons. The first-order valence-electron chi connectivity index (χ1n) is 6.71. The molecule has 1 atom stereocenters. The van der Waals surface area contributed by atoms with Gasteiger partial charge in [0.15, 0.2) is 0 Å². The lowest BCUT2D eigenvalue weighted by atomic mass is 10.00. The number of hydrogen-bond donors (Lipinski definition) is 2. The van der Waals surface area contributed by atoms with Gasteiger partial charge in [-0.2, -0.15) is 0 Å². The highest BCUT2D eigenvalue weighted by Gasteiger charge is 2.14. The maximum Gasteiger partial charge on any atom is 0.339 e. The number of pyridine rings is 1. The molecule has 2 rings (SSSR count). The fraction of sp³-hybridized carbons (Fsp3) is 0.571. The second kappa shape index (κ2) is 6.52. The Morgan fingerprint density at radius 2 is 2.42 bits per heavy atom. The summed E-state index contributed by atoms with van der Waals surface area (Å²) in [7, 11) is 1.38. The Balaban J connectivity index is 1.94. The predicted molar refractivity (Wildman–Crippen MR) is 74.4 cm³/mol. The molecular weight excluding hydrogens is 242 g/mol. The average Bonchev–Trinajstić information content (AvgIpc) is 2.45. The van der Waals surface area contributed by atoms with Crippen LogP contribution >= 0.6 is 0 Å². The number of nitrogens with one attached hydrogen (secondary N) is 2. The number of aryl methyl sites for hydroxylation is 1. The van der Waals surface area contributed by atoms with Crippen LogP contribution in [0.3, 0.4) is 0 Å². The maximum atomic E-state index is 11.5. The van der Waals surface area contributed by atoms with E-state index >= 15 is 0 Å². The number of rotatable bonds is 4. The zero-order valence-corrected chi connectivity index (χ0v) is 11.5. The number of piperidine rings is 1. The van der Waals surface area contributed by atoms with Gasteiger partial charge in [0.05, 0.1) is 18.4 Å². The lowest BCUT2D eigenvalue weighted by Crippen LogP contribution is -2.33. The van der Waals surface area contributed by atoms with E-state index in [4.69, 9.17) is 4.74 Å². The van der Waals surface area contributed by atoms with E-state index in [1.165, 1.54) is 20.0 Å². The van der Waals surface area contributed by atoms with E-state index in [-0.39, 0.29) is 5.97 Å². The highest BCUT2D eigenvalue weighted by molar-refractivity contribution is 5.90. The van der Waals surface area contributed by atoms with Gasteiger partial charge in [0.2, 0.25) is 0 Å². The van der Waals surface area contributed by atoms with Crippen LogP contribution in [0, 0.1) is 12.8 Å². The number of hydrogen-bond acceptors (Lipinski definition) is 5. The zero-order chi connectivity index (χ0) is 13.7. The van der Waals surface area contributed by atoms with E-state index in [1.807, 2.05) is 13.0 Å². The molecule has 1 aromatic rings. The molecule has 2 heterocycles. The normalized spacial score (nSPS) is 18.9. The van der Waals surface area contributed by atoms with Crippen molar-refractivity contribution in [3.05, 3.63) is 23.4 Å². The van der Waals surface area contributed by atoms with Crippen molar-refractivity contribution in [1.82, 2.24) is 10.3 Å². The predicted octanol–water partition coefficient (Wildman–Crippen LogP) is 1.59. The van der Waals surface area contributed by atoms with Crippen molar-refractivity contribution in [2.45, 2.75) is 19.8 Å². The number of carbonyl (C=O) groups is 1. The monoisotopic (exact) mass is 263 g/mol. The SMILES string of the molecule is COC(=O)c1ccc(NCC2CCCNC2)nc1C. The zero-order valence-electron chi connectivity index (χ0n) is 11.5. The van der Waals surface area contributed by atoms with Crippen LogP contribution in [-0.2, 0) is 4.74 Å². The van der Waals surface area contributed by atoms with E-state index in [2.05, 4.69) is 15.6 Å². The van der Waals surface area contributed by atoms with Crippen LogP contribution in [0.25, 0.3) is 0 Å². The third-order valence-corrected chi connectivity index (χ3v) is 3.46. The topological polar surface area (TPSA) is 63.2 Å². The Kier molecular flexibility index (Phi) is 4.74. The van der Waals surface area contributed by atoms with Crippen LogP contribution in [0.15, 0.2) is 12.1 Å². The molecule has 0 amide bonds. The van der Waals surface area contributed by atoms with Crippen LogP contribution in [-0.4, -0.2) is 37.7 Å². The van der Waals surface area contributed by atoms with E-state index < -0.39 is 0 Å². The van der Waals surface area contributed by atoms with Gasteiger partial charge in [-0.1, -0.05) is 0 Å². The molecule has 0 spiro atoms. The molecule has 0 saturated carbocycles. The van der Waals surface area contributed by atoms with Crippen LogP contribution < -0.4 is 10.6 Å². The molecule has 0 aromatic carbocycles. The van der Waals surface area contributed by atoms with Crippen LogP contribution in [0.5, 0.6) is 0 Å². The summed E-state index contributed by atoms with van der Waals surface area (Å²) in [5.74, 6) is 1.12. The molecule has 1 aliphatic heterocycles. The number of carbonyl (C=O) groups excluding carboxylic acids is 1. The van der Waals surface area contributed by atoms with Crippen molar-refractivity contribution >= 4 is 11.8 Å². The Morgan fingerprint density at radius 3 is 3.05 bits per heavy atom. The van der Waals surface area contributed by atoms with Crippen molar-refractivity contribution in [3.8, 4) is 0 Å². The van der Waals surface area contributed by atoms with Crippen molar-refractivity contribution < 1.29 is 9.53 Å². The quantitative estimate of drug-likeness (QED) is 0.808. The van der Waals surface area contributed by atoms with Gasteiger partial charge in [0, 0.05) is 6.54 Å². The second-order valence-electron chi connectivity index (χ2n) is 4.91. The molecule has 0 bridgehead atoms. The minimum atomic E-state index is -0.340. The third-order valence-electron chi connectivity index (χ3n) is 3.46. The van der Waals surface area contributed by atoms with E-state index in [9.17, 15) is 4.79 Å². The molecule has 1 saturated heterocycles. The molecule has 1 unspecified atom stereocenters. The third kappa shape index (κ3) is 3.67. The Morgan fingerprint density at radius 1 is 1.58 bits per heavy atom. The number of ether oxygens (including phenoxy) is 1. The Hall–Kier alpha value is -1.62. The summed E-state index contributed by atoms with van der Waals surface area (Å²) in [5, 5.41) is 6.73. The van der Waals surface area contributed by atoms with Crippen LogP contribution in [0.4, 0.5) is 5.82 Å². The van der Waals surface area contributed by atoms with E-state index in [1.54, 1.807) is 6.07 Å². The van der Waals surface area contributed by atoms with Crippen molar-refractivity contribution in [3.63, 3.8) is 0 Å². The number of nitrogens with zero attached hydrogens (tertiary/aromatic N) is 1. The van der Waals surface area contributed by atoms with Gasteiger partial charge in [-0.15, -0.1) is 0 Å². The number of aromatic nitrogens is 1. The molecule has 5 nitrogen and oxygen atoms in total. The highest BCUT2D eigenvalue weighted by atomic mass is 16.5. The van der Waals surface area contributed by atoms with E-state index in [0.29, 0.717) is 17.2 Å². The summed E-state index contributed by atoms with van der Waals surface area (Å²) in [6.07, 6.45) is 2.49. The lowest BCUT2D eigenvalue weighted by molar-refractivity contribution is 0.0599. The minimum absolute atomic E-state index is 0.340. The fourth-order valence-corrected chi connectivity index (χ4v) is 2.33. The smallest absolute Gasteiger partial charge is 0.339 e. The van der Waals surface area contributed by atoms with E-state index in [0.717, 1.165) is 25.5 Å². The van der Waals surface area contributed by atoms with Crippen LogP contribution in [0.1, 0.15) is 28.9 Å². The largest absolute Gasteiger partial charge is 0.465 e. The van der Waals surface area contributed by atoms with Crippen molar-refractivity contribution in [1.29, 1.82) is 0 Å². The summed E-state index contributed by atoms with van der Waals surface area (Å²) in [6.45, 7) is 4.92. The van der Waals surface area contributed by atoms with Crippen molar-refractivity contribution in [2.24, 2.45) is 5.92 Å². The van der Waals surface area contributed by atoms with Crippen LogP contribution in [0.2, 0.25) is 0 Å². The standard InChI is InChI=1S/C14H21N3O2/c1-10-12(14(18)19-2)5-6-13(17-10)16-9-11-4-3-7-15-8-11/h5-6,11,15H,3-4,7-9H2,1-2H3,(H,16,17). The summed E-state index contributed by atoms with van der Waals surface area (Å²) in [6, 6.07) is 3.59. The average molecular weight is 263 g/mol. The number of anilines is 1. The Labute approximate surface area is 113 Å². The molecular formula is C14H21N3O2. The van der Waals surface area contributed by atoms with Gasteiger partial charge in [0.25, 0.3) is 0 Å². The second-order valence-corrected chi connectivity index (χ2v) is 4.91. The molecule has 0 aliphatic carbocycles. The maximum absolute atomic E-state index is 11.5. The van der Waals surface area contributed by atoms with Gasteiger partial charge in [-0.05, 0) is 50.9 Å². The summed E-state index contributed by atoms with van der Waals surface area (Å²) in [4.78, 5) is 15.9. The van der Waals surface area contributed by atoms with Gasteiger partial charge >= 0.3 is 5.97 Å². The van der Waals surface area contributed by atoms with Gasteiger partial charge < -0.3 is 15.4 Å². The van der Waals surface area contributed by atoms with Gasteiger partial charge in [-0.25, -0.2) is 9.78 Å². The first kappa shape index (κ1) is 13.8. The molecule has 1 aliphatic rings. The fourth-order valence-electron chi connectivity index (χ4n) is 2.33. The molecule has 5 heteroatoms. The van der Waals surface area contributed by atoms with Crippen molar-refractivity contribution in [2.75, 3.05) is 32.1 Å². The highest BCUT2D eigenvalue weighted by Crippen LogP contribution is 2.14. The molecule has 2 N–H and O–H groups in total. The summed E-state index contributed by atoms with van der Waals surface area (Å²) >= 11 is 0. The number of methoxy groups -OCH3 is 1. The first-order valence-corrected chi connectivity index (χ1v) is 6.71. The molecule has 0 radical (unpaired) electrons.